The number of Topliss-reactive ketones (excluding diaryl/α,β-unsaturated/α-hetero) is 1. The van der Waals surface area contributed by atoms with Crippen LogP contribution in [-0.2, 0) is 16.1 Å². The number of imidazole rings is 1. The molecule has 0 saturated carbocycles. The molecule has 3 aromatic carbocycles. The molecule has 0 saturated heterocycles. The Morgan fingerprint density at radius 1 is 0.914 bits per heavy atom. The van der Waals surface area contributed by atoms with Crippen molar-refractivity contribution in [2.24, 2.45) is 0 Å². The molecule has 0 fully saturated rings. The molecule has 0 bridgehead atoms. The summed E-state index contributed by atoms with van der Waals surface area (Å²) >= 11 is 0. The fraction of sp³-hybridized carbons (Fsp3) is 0.300. The number of hydrogen-bond donors (Lipinski definition) is 2. The molecule has 180 valence electrons. The molecule has 4 rings (SSSR count). The van der Waals surface area contributed by atoms with Gasteiger partial charge in [-0.05, 0) is 35.2 Å². The van der Waals surface area contributed by atoms with Gasteiger partial charge in [0, 0.05) is 24.9 Å². The van der Waals surface area contributed by atoms with Gasteiger partial charge in [0.05, 0.1) is 17.8 Å². The zero-order valence-corrected chi connectivity index (χ0v) is 20.3. The van der Waals surface area contributed by atoms with Gasteiger partial charge in [-0.3, -0.25) is 9.59 Å². The first-order valence-corrected chi connectivity index (χ1v) is 12.5. The Morgan fingerprint density at radius 2 is 1.69 bits per heavy atom. The predicted molar refractivity (Wildman–Crippen MR) is 141 cm³/mol. The van der Waals surface area contributed by atoms with E-state index in [-0.39, 0.29) is 11.8 Å². The first kappa shape index (κ1) is 24.4. The smallest absolute Gasteiger partial charge is 0.230 e. The molecule has 1 atom stereocenters. The normalized spacial score (nSPS) is 11.9. The molecule has 0 aliphatic rings. The van der Waals surface area contributed by atoms with Crippen LogP contribution >= 0.6 is 0 Å². The van der Waals surface area contributed by atoms with E-state index in [0.29, 0.717) is 37.4 Å². The number of ketones is 1. The molecule has 5 nitrogen and oxygen atoms in total. The number of benzene rings is 3. The van der Waals surface area contributed by atoms with Crippen molar-refractivity contribution in [3.63, 3.8) is 0 Å². The molecule has 35 heavy (non-hydrogen) atoms. The Kier molecular flexibility index (Phi) is 8.44. The van der Waals surface area contributed by atoms with Gasteiger partial charge in [0.15, 0.2) is 0 Å². The molecule has 1 amide bonds. The van der Waals surface area contributed by atoms with E-state index in [1.165, 1.54) is 10.8 Å². The SMILES string of the molecule is CCC(=O)CCCCCC(C(=O)NCc1ccccc1)c1ncc(-c2ccc3ccccc3c2)[nH]1. The summed E-state index contributed by atoms with van der Waals surface area (Å²) in [6.07, 6.45) is 6.37. The van der Waals surface area contributed by atoms with Crippen molar-refractivity contribution in [3.8, 4) is 11.3 Å². The minimum absolute atomic E-state index is 0.0297. The fourth-order valence-corrected chi connectivity index (χ4v) is 4.34. The number of carbonyl (C=O) groups excluding carboxylic acids is 2. The van der Waals surface area contributed by atoms with Crippen molar-refractivity contribution in [1.82, 2.24) is 15.3 Å². The van der Waals surface area contributed by atoms with Gasteiger partial charge in [0.2, 0.25) is 5.91 Å². The number of hydrogen-bond acceptors (Lipinski definition) is 3. The van der Waals surface area contributed by atoms with Crippen LogP contribution < -0.4 is 5.32 Å². The highest BCUT2D eigenvalue weighted by molar-refractivity contribution is 5.87. The van der Waals surface area contributed by atoms with E-state index >= 15 is 0 Å². The van der Waals surface area contributed by atoms with Gasteiger partial charge in [0.25, 0.3) is 0 Å². The van der Waals surface area contributed by atoms with E-state index in [0.717, 1.165) is 36.1 Å². The highest BCUT2D eigenvalue weighted by atomic mass is 16.2. The highest BCUT2D eigenvalue weighted by Gasteiger charge is 2.23. The van der Waals surface area contributed by atoms with Crippen LogP contribution in [0.1, 0.15) is 62.8 Å². The highest BCUT2D eigenvalue weighted by Crippen LogP contribution is 2.27. The first-order valence-electron chi connectivity index (χ1n) is 12.5. The van der Waals surface area contributed by atoms with Gasteiger partial charge in [-0.25, -0.2) is 4.98 Å². The molecule has 2 N–H and O–H groups in total. The Bertz CT molecular complexity index is 1260. The minimum Gasteiger partial charge on any atom is -0.351 e. The molecular formula is C30H33N3O2. The Balaban J connectivity index is 1.47. The van der Waals surface area contributed by atoms with Crippen LogP contribution in [0.3, 0.4) is 0 Å². The van der Waals surface area contributed by atoms with Crippen molar-refractivity contribution < 1.29 is 9.59 Å². The number of carbonyl (C=O) groups is 2. The van der Waals surface area contributed by atoms with Crippen LogP contribution in [0.2, 0.25) is 0 Å². The summed E-state index contributed by atoms with van der Waals surface area (Å²) in [6.45, 7) is 2.39. The van der Waals surface area contributed by atoms with Crippen LogP contribution in [0.5, 0.6) is 0 Å². The van der Waals surface area contributed by atoms with Crippen LogP contribution in [-0.4, -0.2) is 21.7 Å². The van der Waals surface area contributed by atoms with Crippen LogP contribution in [0, 0.1) is 0 Å². The van der Waals surface area contributed by atoms with E-state index in [9.17, 15) is 9.59 Å². The van der Waals surface area contributed by atoms with Crippen molar-refractivity contribution in [2.75, 3.05) is 0 Å². The van der Waals surface area contributed by atoms with Crippen molar-refractivity contribution >= 4 is 22.5 Å². The number of aromatic nitrogens is 2. The lowest BCUT2D eigenvalue weighted by atomic mass is 9.98. The summed E-state index contributed by atoms with van der Waals surface area (Å²) < 4.78 is 0. The van der Waals surface area contributed by atoms with Gasteiger partial charge in [0.1, 0.15) is 11.6 Å². The summed E-state index contributed by atoms with van der Waals surface area (Å²) in [5.41, 5.74) is 3.01. The first-order chi connectivity index (χ1) is 17.1. The zero-order chi connectivity index (χ0) is 24.5. The Hall–Kier alpha value is -3.73. The van der Waals surface area contributed by atoms with Gasteiger partial charge >= 0.3 is 0 Å². The number of nitrogens with zero attached hydrogens (tertiary/aromatic N) is 1. The molecular weight excluding hydrogens is 434 g/mol. The maximum absolute atomic E-state index is 13.2. The predicted octanol–water partition coefficient (Wildman–Crippen LogP) is 6.56. The van der Waals surface area contributed by atoms with Crippen molar-refractivity contribution in [3.05, 3.63) is 90.4 Å². The third kappa shape index (κ3) is 6.66. The molecule has 0 radical (unpaired) electrons. The lowest BCUT2D eigenvalue weighted by molar-refractivity contribution is -0.123. The number of H-pyrrole nitrogens is 1. The maximum Gasteiger partial charge on any atom is 0.230 e. The Labute approximate surface area is 207 Å². The molecule has 1 aromatic heterocycles. The van der Waals surface area contributed by atoms with E-state index in [4.69, 9.17) is 0 Å². The van der Waals surface area contributed by atoms with Crippen LogP contribution in [0.4, 0.5) is 0 Å². The number of nitrogens with one attached hydrogen (secondary N) is 2. The van der Waals surface area contributed by atoms with Crippen molar-refractivity contribution in [2.45, 2.75) is 57.9 Å². The lowest BCUT2D eigenvalue weighted by Gasteiger charge is -2.15. The third-order valence-electron chi connectivity index (χ3n) is 6.45. The summed E-state index contributed by atoms with van der Waals surface area (Å²) in [4.78, 5) is 32.9. The number of rotatable bonds is 12. The number of fused-ring (bicyclic) bond motifs is 1. The molecule has 0 aliphatic carbocycles. The van der Waals surface area contributed by atoms with E-state index in [2.05, 4.69) is 45.6 Å². The van der Waals surface area contributed by atoms with Gasteiger partial charge in [-0.15, -0.1) is 0 Å². The van der Waals surface area contributed by atoms with Gasteiger partial charge < -0.3 is 10.3 Å². The van der Waals surface area contributed by atoms with Gasteiger partial charge in [-0.2, -0.15) is 0 Å². The zero-order valence-electron chi connectivity index (χ0n) is 20.3. The molecule has 0 spiro atoms. The lowest BCUT2D eigenvalue weighted by Crippen LogP contribution is -2.29. The molecule has 0 aliphatic heterocycles. The number of aromatic amines is 1. The standard InChI is InChI=1S/C30H33N3O2/c1-2-26(34)15-7-4-8-16-27(30(35)32-20-22-11-5-3-6-12-22)29-31-21-28(33-29)25-18-17-23-13-9-10-14-24(23)19-25/h3,5-6,9-14,17-19,21,27H,2,4,7-8,15-16,20H2,1H3,(H,31,33)(H,32,35). The average Bonchev–Trinajstić information content (AvgIpc) is 3.39. The Morgan fingerprint density at radius 3 is 2.49 bits per heavy atom. The maximum atomic E-state index is 13.2. The van der Waals surface area contributed by atoms with E-state index < -0.39 is 0 Å². The monoisotopic (exact) mass is 467 g/mol. The van der Waals surface area contributed by atoms with Crippen molar-refractivity contribution in [1.29, 1.82) is 0 Å². The molecule has 1 unspecified atom stereocenters. The fourth-order valence-electron chi connectivity index (χ4n) is 4.34. The summed E-state index contributed by atoms with van der Waals surface area (Å²) in [7, 11) is 0. The summed E-state index contributed by atoms with van der Waals surface area (Å²) in [5.74, 6) is 0.587. The van der Waals surface area contributed by atoms with E-state index in [1.807, 2.05) is 55.6 Å². The van der Waals surface area contributed by atoms with Crippen LogP contribution in [0.25, 0.3) is 22.0 Å². The summed E-state index contributed by atoms with van der Waals surface area (Å²) in [5, 5.41) is 5.44. The number of unbranched alkanes of at least 4 members (excludes halogenated alkanes) is 2. The average molecular weight is 468 g/mol. The topological polar surface area (TPSA) is 74.8 Å². The molecule has 4 aromatic rings. The van der Waals surface area contributed by atoms with Gasteiger partial charge in [-0.1, -0.05) is 86.5 Å². The summed E-state index contributed by atoms with van der Waals surface area (Å²) in [6, 6.07) is 24.5. The minimum atomic E-state index is -0.366. The largest absolute Gasteiger partial charge is 0.351 e. The quantitative estimate of drug-likeness (QED) is 0.232. The second-order valence-corrected chi connectivity index (χ2v) is 8.99. The molecule has 1 heterocycles. The van der Waals surface area contributed by atoms with Crippen LogP contribution in [0.15, 0.2) is 79.0 Å². The van der Waals surface area contributed by atoms with E-state index in [1.54, 1.807) is 0 Å². The second kappa shape index (κ2) is 12.1. The number of amides is 1. The third-order valence-corrected chi connectivity index (χ3v) is 6.45. The second-order valence-electron chi connectivity index (χ2n) is 8.99. The molecule has 5 heteroatoms.